The summed E-state index contributed by atoms with van der Waals surface area (Å²) in [5.41, 5.74) is 3.10. The van der Waals surface area contributed by atoms with E-state index in [4.69, 9.17) is 14.2 Å². The molecule has 2 aromatic rings. The molecule has 0 aliphatic carbocycles. The average molecular weight is 340 g/mol. The third-order valence-corrected chi connectivity index (χ3v) is 3.92. The Hall–Kier alpha value is -2.75. The first-order valence-corrected chi connectivity index (χ1v) is 8.17. The van der Waals surface area contributed by atoms with Gasteiger partial charge in [0, 0.05) is 11.6 Å². The van der Waals surface area contributed by atoms with Crippen LogP contribution in [-0.4, -0.2) is 20.2 Å². The van der Waals surface area contributed by atoms with Gasteiger partial charge < -0.3 is 14.2 Å². The van der Waals surface area contributed by atoms with Crippen molar-refractivity contribution in [3.05, 3.63) is 59.2 Å². The monoisotopic (exact) mass is 340 g/mol. The van der Waals surface area contributed by atoms with Gasteiger partial charge >= 0.3 is 5.97 Å². The summed E-state index contributed by atoms with van der Waals surface area (Å²) in [5.74, 6) is 1.87. The van der Waals surface area contributed by atoms with Crippen LogP contribution in [0.5, 0.6) is 17.2 Å². The van der Waals surface area contributed by atoms with Gasteiger partial charge in [-0.3, -0.25) is 0 Å². The van der Waals surface area contributed by atoms with Gasteiger partial charge in [0.05, 0.1) is 14.2 Å². The number of aryl methyl sites for hydroxylation is 1. The Bertz CT molecular complexity index is 775. The number of carbonyl (C=O) groups is 1. The van der Waals surface area contributed by atoms with Crippen molar-refractivity contribution in [2.45, 2.75) is 26.7 Å². The highest BCUT2D eigenvalue weighted by Gasteiger charge is 2.08. The van der Waals surface area contributed by atoms with Crippen LogP contribution in [0.1, 0.15) is 36.5 Å². The molecular weight excluding hydrogens is 316 g/mol. The Morgan fingerprint density at radius 3 is 2.32 bits per heavy atom. The summed E-state index contributed by atoms with van der Waals surface area (Å²) in [5, 5.41) is 0. The fraction of sp³-hybridized carbons (Fsp3) is 0.286. The van der Waals surface area contributed by atoms with Gasteiger partial charge in [-0.1, -0.05) is 19.9 Å². The molecule has 4 nitrogen and oxygen atoms in total. The minimum absolute atomic E-state index is 0.435. The minimum Gasteiger partial charge on any atom is -0.497 e. The maximum atomic E-state index is 12.1. The van der Waals surface area contributed by atoms with Crippen molar-refractivity contribution in [2.75, 3.05) is 14.2 Å². The van der Waals surface area contributed by atoms with E-state index in [0.29, 0.717) is 23.2 Å². The van der Waals surface area contributed by atoms with Crippen LogP contribution < -0.4 is 14.2 Å². The zero-order chi connectivity index (χ0) is 18.4. The number of ether oxygens (including phenoxy) is 3. The average Bonchev–Trinajstić information content (AvgIpc) is 2.59. The summed E-state index contributed by atoms with van der Waals surface area (Å²) in [4.78, 5) is 12.1. The lowest BCUT2D eigenvalue weighted by Crippen LogP contribution is -2.04. The Morgan fingerprint density at radius 2 is 1.72 bits per heavy atom. The molecule has 0 saturated carbocycles. The molecule has 25 heavy (non-hydrogen) atoms. The second-order valence-electron chi connectivity index (χ2n) is 6.04. The van der Waals surface area contributed by atoms with E-state index in [0.717, 1.165) is 11.1 Å². The van der Waals surface area contributed by atoms with E-state index in [1.54, 1.807) is 38.5 Å². The highest BCUT2D eigenvalue weighted by Crippen LogP contribution is 2.26. The number of rotatable bonds is 6. The van der Waals surface area contributed by atoms with Crippen molar-refractivity contribution in [1.29, 1.82) is 0 Å². The summed E-state index contributed by atoms with van der Waals surface area (Å²) in [6.07, 6.45) is 3.03. The molecule has 0 aliphatic heterocycles. The van der Waals surface area contributed by atoms with Crippen LogP contribution in [-0.2, 0) is 4.79 Å². The number of hydrogen-bond acceptors (Lipinski definition) is 4. The van der Waals surface area contributed by atoms with Crippen LogP contribution in [0.2, 0.25) is 0 Å². The predicted molar refractivity (Wildman–Crippen MR) is 99.5 cm³/mol. The summed E-state index contributed by atoms with van der Waals surface area (Å²) in [6, 6.07) is 11.1. The van der Waals surface area contributed by atoms with Gasteiger partial charge in [0.25, 0.3) is 0 Å². The van der Waals surface area contributed by atoms with Crippen LogP contribution in [0, 0.1) is 6.92 Å². The van der Waals surface area contributed by atoms with Gasteiger partial charge in [-0.25, -0.2) is 4.79 Å². The first-order chi connectivity index (χ1) is 11.9. The van der Waals surface area contributed by atoms with E-state index < -0.39 is 5.97 Å². The molecular formula is C21H24O4. The third kappa shape index (κ3) is 4.86. The first-order valence-electron chi connectivity index (χ1n) is 8.17. The van der Waals surface area contributed by atoms with Crippen LogP contribution in [0.15, 0.2) is 42.5 Å². The molecule has 0 atom stereocenters. The molecule has 4 heteroatoms. The number of benzene rings is 2. The van der Waals surface area contributed by atoms with Gasteiger partial charge in [0.2, 0.25) is 0 Å². The van der Waals surface area contributed by atoms with E-state index in [2.05, 4.69) is 13.8 Å². The zero-order valence-corrected chi connectivity index (χ0v) is 15.3. The highest BCUT2D eigenvalue weighted by atomic mass is 16.5. The molecule has 132 valence electrons. The summed E-state index contributed by atoms with van der Waals surface area (Å²) >= 11 is 0. The summed E-state index contributed by atoms with van der Waals surface area (Å²) in [6.45, 7) is 6.29. The van der Waals surface area contributed by atoms with E-state index >= 15 is 0 Å². The summed E-state index contributed by atoms with van der Waals surface area (Å²) < 4.78 is 15.9. The second kappa shape index (κ2) is 8.38. The van der Waals surface area contributed by atoms with Crippen molar-refractivity contribution in [3.63, 3.8) is 0 Å². The van der Waals surface area contributed by atoms with Gasteiger partial charge in [-0.15, -0.1) is 0 Å². The second-order valence-corrected chi connectivity index (χ2v) is 6.04. The molecule has 0 bridgehead atoms. The van der Waals surface area contributed by atoms with E-state index in [1.807, 2.05) is 25.1 Å². The smallest absolute Gasteiger partial charge is 0.336 e. The molecule has 0 amide bonds. The van der Waals surface area contributed by atoms with Crippen LogP contribution in [0.3, 0.4) is 0 Å². The molecule has 0 aromatic heterocycles. The maximum Gasteiger partial charge on any atom is 0.336 e. The van der Waals surface area contributed by atoms with Crippen molar-refractivity contribution in [2.24, 2.45) is 0 Å². The zero-order valence-electron chi connectivity index (χ0n) is 15.3. The normalized spacial score (nSPS) is 11.0. The molecule has 0 spiro atoms. The molecule has 0 saturated heterocycles. The van der Waals surface area contributed by atoms with Crippen LogP contribution >= 0.6 is 0 Å². The lowest BCUT2D eigenvalue weighted by molar-refractivity contribution is -0.128. The summed E-state index contributed by atoms with van der Waals surface area (Å²) in [7, 11) is 3.17. The van der Waals surface area contributed by atoms with Crippen molar-refractivity contribution >= 4 is 12.0 Å². The molecule has 0 heterocycles. The molecule has 0 aliphatic rings. The third-order valence-electron chi connectivity index (χ3n) is 3.92. The Morgan fingerprint density at radius 1 is 1.00 bits per heavy atom. The molecule has 0 radical (unpaired) electrons. The van der Waals surface area contributed by atoms with Crippen LogP contribution in [0.25, 0.3) is 6.08 Å². The molecule has 0 unspecified atom stereocenters. The van der Waals surface area contributed by atoms with E-state index in [9.17, 15) is 4.79 Å². The lowest BCUT2D eigenvalue weighted by atomic mass is 9.98. The van der Waals surface area contributed by atoms with Gasteiger partial charge in [-0.05, 0) is 60.4 Å². The van der Waals surface area contributed by atoms with Gasteiger partial charge in [-0.2, -0.15) is 0 Å². The number of hydrogen-bond donors (Lipinski definition) is 0. The topological polar surface area (TPSA) is 44.8 Å². The van der Waals surface area contributed by atoms with Crippen molar-refractivity contribution in [1.82, 2.24) is 0 Å². The van der Waals surface area contributed by atoms with Crippen LogP contribution in [0.4, 0.5) is 0 Å². The fourth-order valence-corrected chi connectivity index (χ4v) is 2.64. The van der Waals surface area contributed by atoms with Gasteiger partial charge in [0.15, 0.2) is 0 Å². The standard InChI is InChI=1S/C21H24O4/c1-14(2)19-9-7-18(12-15(19)3)25-21(22)11-6-16-13-17(23-4)8-10-20(16)24-5/h6-14H,1-5H3/b11-6+. The SMILES string of the molecule is COc1ccc(OC)c(/C=C/C(=O)Oc2ccc(C(C)C)c(C)c2)c1. The highest BCUT2D eigenvalue weighted by molar-refractivity contribution is 5.89. The number of esters is 1. The lowest BCUT2D eigenvalue weighted by Gasteiger charge is -2.11. The molecule has 0 N–H and O–H groups in total. The fourth-order valence-electron chi connectivity index (χ4n) is 2.64. The van der Waals surface area contributed by atoms with Crippen molar-refractivity contribution < 1.29 is 19.0 Å². The molecule has 0 fully saturated rings. The number of carbonyl (C=O) groups excluding carboxylic acids is 1. The predicted octanol–water partition coefficient (Wildman–Crippen LogP) is 4.75. The Kier molecular flexibility index (Phi) is 6.23. The number of methoxy groups -OCH3 is 2. The Balaban J connectivity index is 2.12. The molecule has 2 aromatic carbocycles. The first kappa shape index (κ1) is 18.6. The largest absolute Gasteiger partial charge is 0.497 e. The molecule has 2 rings (SSSR count). The van der Waals surface area contributed by atoms with E-state index in [1.165, 1.54) is 11.6 Å². The maximum absolute atomic E-state index is 12.1. The van der Waals surface area contributed by atoms with Gasteiger partial charge in [0.1, 0.15) is 17.2 Å². The minimum atomic E-state index is -0.443. The quantitative estimate of drug-likeness (QED) is 0.432. The van der Waals surface area contributed by atoms with Crippen molar-refractivity contribution in [3.8, 4) is 17.2 Å². The van der Waals surface area contributed by atoms with E-state index in [-0.39, 0.29) is 0 Å². The Labute approximate surface area is 149 Å².